The number of ketones is 1. The van der Waals surface area contributed by atoms with E-state index in [9.17, 15) is 14.0 Å². The van der Waals surface area contributed by atoms with E-state index in [1.807, 2.05) is 0 Å². The van der Waals surface area contributed by atoms with Crippen LogP contribution in [0.3, 0.4) is 0 Å². The van der Waals surface area contributed by atoms with E-state index in [1.165, 1.54) is 16.8 Å². The molecule has 1 unspecified atom stereocenters. The van der Waals surface area contributed by atoms with Crippen LogP contribution in [-0.4, -0.2) is 28.3 Å². The SMILES string of the molecule is Cc1nn(-c2cccc(F)c2)c2c1C(C(=O)c1ccc3c(c1)OCO3)CC(=O)N2. The Morgan fingerprint density at radius 2 is 2.03 bits per heavy atom. The lowest BCUT2D eigenvalue weighted by Gasteiger charge is -2.23. The van der Waals surface area contributed by atoms with Gasteiger partial charge in [-0.15, -0.1) is 0 Å². The summed E-state index contributed by atoms with van der Waals surface area (Å²) in [5.41, 5.74) is 2.13. The Hall–Kier alpha value is -3.68. The van der Waals surface area contributed by atoms with Gasteiger partial charge in [-0.1, -0.05) is 6.07 Å². The Morgan fingerprint density at radius 3 is 2.86 bits per heavy atom. The van der Waals surface area contributed by atoms with Crippen molar-refractivity contribution in [3.05, 3.63) is 65.1 Å². The molecule has 0 spiro atoms. The summed E-state index contributed by atoms with van der Waals surface area (Å²) in [6.07, 6.45) is 0.00988. The number of hydrogen-bond acceptors (Lipinski definition) is 5. The molecule has 5 rings (SSSR count). The van der Waals surface area contributed by atoms with Crippen molar-refractivity contribution >= 4 is 17.5 Å². The zero-order valence-corrected chi connectivity index (χ0v) is 15.4. The minimum Gasteiger partial charge on any atom is -0.454 e. The van der Waals surface area contributed by atoms with Crippen LogP contribution >= 0.6 is 0 Å². The van der Waals surface area contributed by atoms with Gasteiger partial charge in [0.05, 0.1) is 17.3 Å². The Morgan fingerprint density at radius 1 is 1.21 bits per heavy atom. The molecule has 0 aliphatic carbocycles. The number of aromatic nitrogens is 2. The second-order valence-electron chi connectivity index (χ2n) is 6.98. The maximum Gasteiger partial charge on any atom is 0.231 e. The minimum absolute atomic E-state index is 0.00988. The van der Waals surface area contributed by atoms with Crippen molar-refractivity contribution in [2.24, 2.45) is 0 Å². The highest BCUT2D eigenvalue weighted by molar-refractivity contribution is 6.08. The summed E-state index contributed by atoms with van der Waals surface area (Å²) in [4.78, 5) is 25.7. The molecule has 3 aromatic rings. The molecule has 0 fully saturated rings. The van der Waals surface area contributed by atoms with Crippen molar-refractivity contribution in [2.45, 2.75) is 19.3 Å². The molecular formula is C21H16FN3O4. The number of carbonyl (C=O) groups is 2. The van der Waals surface area contributed by atoms with E-state index in [-0.39, 0.29) is 24.9 Å². The molecule has 1 aromatic heterocycles. The molecule has 8 heteroatoms. The third-order valence-electron chi connectivity index (χ3n) is 5.13. The van der Waals surface area contributed by atoms with Crippen molar-refractivity contribution in [1.29, 1.82) is 0 Å². The van der Waals surface area contributed by atoms with Gasteiger partial charge in [0.25, 0.3) is 0 Å². The molecule has 146 valence electrons. The van der Waals surface area contributed by atoms with E-state index >= 15 is 0 Å². The number of Topliss-reactive ketones (excluding diaryl/α,β-unsaturated/α-hetero) is 1. The van der Waals surface area contributed by atoms with Gasteiger partial charge in [-0.3, -0.25) is 9.59 Å². The summed E-state index contributed by atoms with van der Waals surface area (Å²) in [7, 11) is 0. The normalized spacial score (nSPS) is 17.0. The molecule has 3 heterocycles. The number of rotatable bonds is 3. The summed E-state index contributed by atoms with van der Waals surface area (Å²) < 4.78 is 25.8. The number of fused-ring (bicyclic) bond motifs is 2. The number of anilines is 1. The van der Waals surface area contributed by atoms with E-state index < -0.39 is 11.7 Å². The molecule has 0 radical (unpaired) electrons. The number of amides is 1. The minimum atomic E-state index is -0.693. The zero-order chi connectivity index (χ0) is 20.1. The number of hydrogen-bond donors (Lipinski definition) is 1. The van der Waals surface area contributed by atoms with Crippen molar-refractivity contribution in [2.75, 3.05) is 12.1 Å². The standard InChI is InChI=1S/C21H16FN3O4/c1-11-19-15(20(27)12-5-6-16-17(7-12)29-10-28-16)9-18(26)23-21(19)25(24-11)14-4-2-3-13(22)8-14/h2-8,15H,9-10H2,1H3,(H,23,26). The van der Waals surface area contributed by atoms with Crippen LogP contribution in [0.4, 0.5) is 10.2 Å². The number of halogens is 1. The van der Waals surface area contributed by atoms with Crippen LogP contribution < -0.4 is 14.8 Å². The average Bonchev–Trinajstić information content (AvgIpc) is 3.30. The van der Waals surface area contributed by atoms with Crippen LogP contribution in [0.1, 0.15) is 34.0 Å². The van der Waals surface area contributed by atoms with Crippen LogP contribution in [-0.2, 0) is 4.79 Å². The third kappa shape index (κ3) is 2.84. The van der Waals surface area contributed by atoms with Crippen molar-refractivity contribution in [3.63, 3.8) is 0 Å². The molecule has 2 aliphatic heterocycles. The molecule has 29 heavy (non-hydrogen) atoms. The van der Waals surface area contributed by atoms with Gasteiger partial charge in [-0.2, -0.15) is 5.10 Å². The molecule has 0 saturated heterocycles. The molecule has 2 aromatic carbocycles. The quantitative estimate of drug-likeness (QED) is 0.690. The number of aryl methyl sites for hydroxylation is 1. The van der Waals surface area contributed by atoms with Crippen molar-refractivity contribution in [1.82, 2.24) is 9.78 Å². The van der Waals surface area contributed by atoms with E-state index in [2.05, 4.69) is 10.4 Å². The van der Waals surface area contributed by atoms with Gasteiger partial charge in [0.2, 0.25) is 12.7 Å². The lowest BCUT2D eigenvalue weighted by atomic mass is 9.85. The first kappa shape index (κ1) is 17.4. The smallest absolute Gasteiger partial charge is 0.231 e. The summed E-state index contributed by atoms with van der Waals surface area (Å²) in [6.45, 7) is 1.88. The second kappa shape index (κ2) is 6.44. The van der Waals surface area contributed by atoms with Gasteiger partial charge in [0, 0.05) is 17.5 Å². The summed E-state index contributed by atoms with van der Waals surface area (Å²) in [5.74, 6) is -0.137. The summed E-state index contributed by atoms with van der Waals surface area (Å²) in [6, 6.07) is 10.9. The van der Waals surface area contributed by atoms with Crippen LogP contribution in [0.25, 0.3) is 5.69 Å². The lowest BCUT2D eigenvalue weighted by Crippen LogP contribution is -2.28. The third-order valence-corrected chi connectivity index (χ3v) is 5.13. The number of nitrogens with zero attached hydrogens (tertiary/aromatic N) is 2. The molecular weight excluding hydrogens is 377 g/mol. The fraction of sp³-hybridized carbons (Fsp3) is 0.190. The van der Waals surface area contributed by atoms with Crippen LogP contribution in [0.2, 0.25) is 0 Å². The Labute approximate surface area is 165 Å². The number of carbonyl (C=O) groups excluding carboxylic acids is 2. The van der Waals surface area contributed by atoms with Crippen LogP contribution in [0, 0.1) is 12.7 Å². The number of benzene rings is 2. The lowest BCUT2D eigenvalue weighted by molar-refractivity contribution is -0.116. The van der Waals surface area contributed by atoms with E-state index in [0.717, 1.165) is 0 Å². The first-order chi connectivity index (χ1) is 14.0. The molecule has 1 amide bonds. The van der Waals surface area contributed by atoms with Crippen molar-refractivity contribution in [3.8, 4) is 17.2 Å². The molecule has 0 bridgehead atoms. The fourth-order valence-electron chi connectivity index (χ4n) is 3.82. The first-order valence-electron chi connectivity index (χ1n) is 9.10. The molecule has 0 saturated carbocycles. The van der Waals surface area contributed by atoms with E-state index in [0.29, 0.717) is 39.8 Å². The first-order valence-corrected chi connectivity index (χ1v) is 9.10. The topological polar surface area (TPSA) is 82.5 Å². The Balaban J connectivity index is 1.59. The summed E-state index contributed by atoms with van der Waals surface area (Å²) in [5, 5.41) is 7.25. The predicted octanol–water partition coefficient (Wildman–Crippen LogP) is 3.36. The van der Waals surface area contributed by atoms with Gasteiger partial charge in [-0.05, 0) is 43.3 Å². The van der Waals surface area contributed by atoms with Gasteiger partial charge >= 0.3 is 0 Å². The Kier molecular flexibility index (Phi) is 3.87. The van der Waals surface area contributed by atoms with Gasteiger partial charge in [-0.25, -0.2) is 9.07 Å². The molecule has 7 nitrogen and oxygen atoms in total. The maximum absolute atomic E-state index is 13.7. The maximum atomic E-state index is 13.7. The van der Waals surface area contributed by atoms with Gasteiger partial charge in [0.15, 0.2) is 17.3 Å². The highest BCUT2D eigenvalue weighted by Gasteiger charge is 2.36. The number of ether oxygens (including phenoxy) is 2. The summed E-state index contributed by atoms with van der Waals surface area (Å²) >= 11 is 0. The van der Waals surface area contributed by atoms with Crippen LogP contribution in [0.15, 0.2) is 42.5 Å². The highest BCUT2D eigenvalue weighted by Crippen LogP contribution is 2.40. The molecule has 1 atom stereocenters. The largest absolute Gasteiger partial charge is 0.454 e. The molecule has 1 N–H and O–H groups in total. The van der Waals surface area contributed by atoms with Gasteiger partial charge in [0.1, 0.15) is 11.6 Å². The highest BCUT2D eigenvalue weighted by atomic mass is 19.1. The fourth-order valence-corrected chi connectivity index (χ4v) is 3.82. The number of nitrogens with one attached hydrogen (secondary N) is 1. The van der Waals surface area contributed by atoms with Gasteiger partial charge < -0.3 is 14.8 Å². The monoisotopic (exact) mass is 393 g/mol. The van der Waals surface area contributed by atoms with E-state index in [4.69, 9.17) is 9.47 Å². The predicted molar refractivity (Wildman–Crippen MR) is 101 cm³/mol. The van der Waals surface area contributed by atoms with E-state index in [1.54, 1.807) is 37.3 Å². The average molecular weight is 393 g/mol. The van der Waals surface area contributed by atoms with Crippen molar-refractivity contribution < 1.29 is 23.5 Å². The Bertz CT molecular complexity index is 1170. The van der Waals surface area contributed by atoms with Crippen LogP contribution in [0.5, 0.6) is 11.5 Å². The second-order valence-corrected chi connectivity index (χ2v) is 6.98. The molecule has 2 aliphatic rings. The zero-order valence-electron chi connectivity index (χ0n) is 15.4.